The zero-order valence-corrected chi connectivity index (χ0v) is 10.0. The third kappa shape index (κ3) is 4.90. The molecule has 84 valence electrons. The second-order valence-corrected chi connectivity index (χ2v) is 4.04. The van der Waals surface area contributed by atoms with Crippen LogP contribution in [0.25, 0.3) is 0 Å². The van der Waals surface area contributed by atoms with Crippen LogP contribution in [0.15, 0.2) is 12.2 Å². The summed E-state index contributed by atoms with van der Waals surface area (Å²) < 4.78 is 5.36. The van der Waals surface area contributed by atoms with Gasteiger partial charge >= 0.3 is 0 Å². The van der Waals surface area contributed by atoms with Gasteiger partial charge in [0.25, 0.3) is 5.19 Å². The monoisotopic (exact) mass is 227 g/mol. The van der Waals surface area contributed by atoms with Gasteiger partial charge in [-0.25, -0.2) is 0 Å². The van der Waals surface area contributed by atoms with Gasteiger partial charge in [-0.3, -0.25) is 0 Å². The number of nitrogens with one attached hydrogen (secondary N) is 1. The standard InChI is InChI=1S/C10H17N3OS/c1-3-5-7-14-10-13-12-9(15-10)8-11-6-4-2/h3,5,11H,4,6-8H2,1-2H3/b5-3+. The summed E-state index contributed by atoms with van der Waals surface area (Å²) >= 11 is 1.49. The summed E-state index contributed by atoms with van der Waals surface area (Å²) in [6, 6.07) is 0. The number of ether oxygens (including phenoxy) is 1. The summed E-state index contributed by atoms with van der Waals surface area (Å²) in [6.07, 6.45) is 5.02. The van der Waals surface area contributed by atoms with Crippen molar-refractivity contribution in [3.63, 3.8) is 0 Å². The molecule has 0 bridgehead atoms. The number of hydrogen-bond acceptors (Lipinski definition) is 5. The first-order valence-corrected chi connectivity index (χ1v) is 5.95. The van der Waals surface area contributed by atoms with Crippen molar-refractivity contribution in [2.24, 2.45) is 0 Å². The molecule has 1 aromatic heterocycles. The molecule has 4 nitrogen and oxygen atoms in total. The van der Waals surface area contributed by atoms with E-state index in [1.54, 1.807) is 0 Å². The lowest BCUT2D eigenvalue weighted by molar-refractivity contribution is 0.357. The van der Waals surface area contributed by atoms with Crippen LogP contribution in [0.5, 0.6) is 5.19 Å². The van der Waals surface area contributed by atoms with E-state index in [2.05, 4.69) is 22.4 Å². The molecular weight excluding hydrogens is 210 g/mol. The Morgan fingerprint density at radius 3 is 3.07 bits per heavy atom. The van der Waals surface area contributed by atoms with E-state index < -0.39 is 0 Å². The predicted octanol–water partition coefficient (Wildman–Crippen LogP) is 1.99. The zero-order chi connectivity index (χ0) is 10.9. The molecule has 0 aromatic carbocycles. The Hall–Kier alpha value is -0.940. The minimum absolute atomic E-state index is 0.563. The van der Waals surface area contributed by atoms with Crippen LogP contribution in [-0.2, 0) is 6.54 Å². The van der Waals surface area contributed by atoms with E-state index >= 15 is 0 Å². The molecule has 0 saturated heterocycles. The van der Waals surface area contributed by atoms with Crippen molar-refractivity contribution in [2.45, 2.75) is 26.8 Å². The summed E-state index contributed by atoms with van der Waals surface area (Å²) in [5.74, 6) is 0. The highest BCUT2D eigenvalue weighted by atomic mass is 32.1. The van der Waals surface area contributed by atoms with Gasteiger partial charge in [0.2, 0.25) is 0 Å². The summed E-state index contributed by atoms with van der Waals surface area (Å²) in [5.41, 5.74) is 0. The first kappa shape index (κ1) is 12.1. The zero-order valence-electron chi connectivity index (χ0n) is 9.19. The van der Waals surface area contributed by atoms with E-state index in [1.165, 1.54) is 11.3 Å². The second-order valence-electron chi connectivity index (χ2n) is 3.02. The smallest absolute Gasteiger partial charge is 0.294 e. The molecule has 1 N–H and O–H groups in total. The van der Waals surface area contributed by atoms with E-state index in [1.807, 2.05) is 19.1 Å². The fraction of sp³-hybridized carbons (Fsp3) is 0.600. The average molecular weight is 227 g/mol. The Kier molecular flexibility index (Phi) is 5.96. The van der Waals surface area contributed by atoms with Crippen molar-refractivity contribution in [1.29, 1.82) is 0 Å². The summed E-state index contributed by atoms with van der Waals surface area (Å²) in [7, 11) is 0. The molecule has 0 unspecified atom stereocenters. The maximum absolute atomic E-state index is 5.36. The fourth-order valence-corrected chi connectivity index (χ4v) is 1.62. The van der Waals surface area contributed by atoms with Crippen molar-refractivity contribution in [3.8, 4) is 5.19 Å². The third-order valence-electron chi connectivity index (χ3n) is 1.69. The number of aromatic nitrogens is 2. The fourth-order valence-electron chi connectivity index (χ4n) is 0.956. The van der Waals surface area contributed by atoms with Crippen LogP contribution in [0, 0.1) is 0 Å². The molecule has 0 saturated carbocycles. The summed E-state index contributed by atoms with van der Waals surface area (Å²) in [5, 5.41) is 12.8. The first-order chi connectivity index (χ1) is 7.36. The van der Waals surface area contributed by atoms with Gasteiger partial charge in [-0.1, -0.05) is 35.5 Å². The number of allylic oxidation sites excluding steroid dienone is 1. The molecule has 0 aliphatic rings. The van der Waals surface area contributed by atoms with Crippen LogP contribution < -0.4 is 10.1 Å². The van der Waals surface area contributed by atoms with Gasteiger partial charge in [0.15, 0.2) is 0 Å². The highest BCUT2D eigenvalue weighted by Gasteiger charge is 2.03. The quantitative estimate of drug-likeness (QED) is 0.571. The topological polar surface area (TPSA) is 47.0 Å². The maximum atomic E-state index is 5.36. The van der Waals surface area contributed by atoms with Gasteiger partial charge in [-0.05, 0) is 19.9 Å². The van der Waals surface area contributed by atoms with Crippen LogP contribution in [-0.4, -0.2) is 23.3 Å². The van der Waals surface area contributed by atoms with Gasteiger partial charge in [0.1, 0.15) is 11.6 Å². The van der Waals surface area contributed by atoms with Gasteiger partial charge in [-0.2, -0.15) is 0 Å². The van der Waals surface area contributed by atoms with Gasteiger partial charge in [0, 0.05) is 6.54 Å². The Morgan fingerprint density at radius 1 is 1.47 bits per heavy atom. The molecule has 1 heterocycles. The van der Waals surface area contributed by atoms with Crippen molar-refractivity contribution >= 4 is 11.3 Å². The van der Waals surface area contributed by atoms with E-state index in [-0.39, 0.29) is 0 Å². The largest absolute Gasteiger partial charge is 0.465 e. The lowest BCUT2D eigenvalue weighted by Gasteiger charge is -1.96. The van der Waals surface area contributed by atoms with E-state index in [4.69, 9.17) is 4.74 Å². The molecule has 5 heteroatoms. The van der Waals surface area contributed by atoms with Crippen molar-refractivity contribution in [1.82, 2.24) is 15.5 Å². The van der Waals surface area contributed by atoms with Crippen LogP contribution in [0.4, 0.5) is 0 Å². The Morgan fingerprint density at radius 2 is 2.33 bits per heavy atom. The Balaban J connectivity index is 2.28. The van der Waals surface area contributed by atoms with E-state index in [9.17, 15) is 0 Å². The van der Waals surface area contributed by atoms with Crippen molar-refractivity contribution in [2.75, 3.05) is 13.2 Å². The Labute approximate surface area is 94.4 Å². The normalized spacial score (nSPS) is 11.1. The molecule has 0 aliphatic heterocycles. The average Bonchev–Trinajstić information content (AvgIpc) is 2.67. The highest BCUT2D eigenvalue weighted by molar-refractivity contribution is 7.13. The molecular formula is C10H17N3OS. The molecule has 0 fully saturated rings. The first-order valence-electron chi connectivity index (χ1n) is 5.13. The molecule has 1 rings (SSSR count). The van der Waals surface area contributed by atoms with Crippen molar-refractivity contribution in [3.05, 3.63) is 17.2 Å². The van der Waals surface area contributed by atoms with Crippen molar-refractivity contribution < 1.29 is 4.74 Å². The molecule has 0 amide bonds. The van der Waals surface area contributed by atoms with Gasteiger partial charge in [0.05, 0.1) is 0 Å². The molecule has 1 aromatic rings. The minimum Gasteiger partial charge on any atom is -0.465 e. The lowest BCUT2D eigenvalue weighted by atomic mass is 10.5. The molecule has 15 heavy (non-hydrogen) atoms. The summed E-state index contributed by atoms with van der Waals surface area (Å²) in [4.78, 5) is 0. The number of rotatable bonds is 7. The SMILES string of the molecule is C/C=C/COc1nnc(CNCCC)s1. The van der Waals surface area contributed by atoms with Crippen LogP contribution in [0.1, 0.15) is 25.3 Å². The molecule has 0 radical (unpaired) electrons. The number of hydrogen-bond donors (Lipinski definition) is 1. The molecule has 0 aliphatic carbocycles. The molecule has 0 spiro atoms. The predicted molar refractivity (Wildman–Crippen MR) is 62.2 cm³/mol. The van der Waals surface area contributed by atoms with E-state index in [0.717, 1.165) is 24.5 Å². The van der Waals surface area contributed by atoms with Gasteiger partial charge in [-0.15, -0.1) is 5.10 Å². The minimum atomic E-state index is 0.563. The van der Waals surface area contributed by atoms with Crippen LogP contribution >= 0.6 is 11.3 Å². The lowest BCUT2D eigenvalue weighted by Crippen LogP contribution is -2.13. The highest BCUT2D eigenvalue weighted by Crippen LogP contribution is 2.17. The maximum Gasteiger partial charge on any atom is 0.294 e. The second kappa shape index (κ2) is 7.36. The van der Waals surface area contributed by atoms with E-state index in [0.29, 0.717) is 11.8 Å². The number of nitrogens with zero attached hydrogens (tertiary/aromatic N) is 2. The van der Waals surface area contributed by atoms with Crippen LogP contribution in [0.3, 0.4) is 0 Å². The Bertz CT molecular complexity index is 299. The van der Waals surface area contributed by atoms with Crippen LogP contribution in [0.2, 0.25) is 0 Å². The molecule has 0 atom stereocenters. The summed E-state index contributed by atoms with van der Waals surface area (Å²) in [6.45, 7) is 6.45. The third-order valence-corrected chi connectivity index (χ3v) is 2.53. The van der Waals surface area contributed by atoms with Gasteiger partial charge < -0.3 is 10.1 Å².